The Bertz CT molecular complexity index is 349. The van der Waals surface area contributed by atoms with Gasteiger partial charge in [0.05, 0.1) is 6.61 Å². The number of hydrogen-bond donors (Lipinski definition) is 1. The monoisotopic (exact) mass is 207 g/mol. The van der Waals surface area contributed by atoms with Crippen LogP contribution in [0.25, 0.3) is 0 Å². The van der Waals surface area contributed by atoms with Crippen LogP contribution in [0.15, 0.2) is 12.1 Å². The van der Waals surface area contributed by atoms with Crippen molar-refractivity contribution in [3.05, 3.63) is 28.8 Å². The van der Waals surface area contributed by atoms with Crippen molar-refractivity contribution < 1.29 is 9.53 Å². The summed E-state index contributed by atoms with van der Waals surface area (Å²) in [6.07, 6.45) is -0.396. The number of rotatable bonds is 2. The van der Waals surface area contributed by atoms with E-state index >= 15 is 0 Å². The molecule has 0 aliphatic carbocycles. The van der Waals surface area contributed by atoms with Crippen molar-refractivity contribution in [2.45, 2.75) is 27.7 Å². The third-order valence-corrected chi connectivity index (χ3v) is 2.18. The zero-order chi connectivity index (χ0) is 11.4. The van der Waals surface area contributed by atoms with Gasteiger partial charge in [0.25, 0.3) is 0 Å². The van der Waals surface area contributed by atoms with Gasteiger partial charge in [-0.25, -0.2) is 4.79 Å². The van der Waals surface area contributed by atoms with Gasteiger partial charge in [-0.05, 0) is 38.8 Å². The minimum absolute atomic E-state index is 0.385. The van der Waals surface area contributed by atoms with Gasteiger partial charge in [-0.15, -0.1) is 0 Å². The highest BCUT2D eigenvalue weighted by Crippen LogP contribution is 2.21. The number of ether oxygens (including phenoxy) is 1. The number of carbonyl (C=O) groups is 1. The molecule has 0 bridgehead atoms. The lowest BCUT2D eigenvalue weighted by Gasteiger charge is -2.12. The Hall–Kier alpha value is -1.51. The van der Waals surface area contributed by atoms with Crippen LogP contribution in [0.4, 0.5) is 10.5 Å². The van der Waals surface area contributed by atoms with Crippen molar-refractivity contribution in [2.75, 3.05) is 11.9 Å². The first-order valence-corrected chi connectivity index (χ1v) is 5.06. The van der Waals surface area contributed by atoms with Crippen LogP contribution in [0.1, 0.15) is 23.6 Å². The number of hydrogen-bond acceptors (Lipinski definition) is 2. The average Bonchev–Trinajstić information content (AvgIpc) is 2.11. The molecular weight excluding hydrogens is 190 g/mol. The Balaban J connectivity index is 2.90. The smallest absolute Gasteiger partial charge is 0.411 e. The van der Waals surface area contributed by atoms with E-state index in [4.69, 9.17) is 4.74 Å². The van der Waals surface area contributed by atoms with Crippen molar-refractivity contribution in [3.8, 4) is 0 Å². The number of nitrogens with one attached hydrogen (secondary N) is 1. The van der Waals surface area contributed by atoms with Gasteiger partial charge >= 0.3 is 6.09 Å². The molecule has 0 aromatic heterocycles. The normalized spacial score (nSPS) is 9.87. The highest BCUT2D eigenvalue weighted by Gasteiger charge is 2.07. The Labute approximate surface area is 90.4 Å². The molecule has 15 heavy (non-hydrogen) atoms. The van der Waals surface area contributed by atoms with E-state index in [2.05, 4.69) is 5.32 Å². The number of amides is 1. The van der Waals surface area contributed by atoms with Crippen LogP contribution in [0.3, 0.4) is 0 Å². The molecule has 1 N–H and O–H groups in total. The Kier molecular flexibility index (Phi) is 3.72. The molecule has 1 aromatic rings. The van der Waals surface area contributed by atoms with E-state index in [1.54, 1.807) is 6.92 Å². The summed E-state index contributed by atoms with van der Waals surface area (Å²) in [5, 5.41) is 2.75. The average molecular weight is 207 g/mol. The van der Waals surface area contributed by atoms with Gasteiger partial charge in [0.2, 0.25) is 0 Å². The first-order chi connectivity index (χ1) is 7.04. The van der Waals surface area contributed by atoms with Crippen molar-refractivity contribution in [3.63, 3.8) is 0 Å². The molecule has 0 atom stereocenters. The molecule has 1 aromatic carbocycles. The zero-order valence-corrected chi connectivity index (χ0v) is 9.68. The maximum atomic E-state index is 11.3. The zero-order valence-electron chi connectivity index (χ0n) is 9.68. The number of anilines is 1. The summed E-state index contributed by atoms with van der Waals surface area (Å²) >= 11 is 0. The Morgan fingerprint density at radius 1 is 1.27 bits per heavy atom. The molecule has 0 heterocycles. The topological polar surface area (TPSA) is 38.3 Å². The summed E-state index contributed by atoms with van der Waals surface area (Å²) in [7, 11) is 0. The number of aryl methyl sites for hydroxylation is 3. The maximum absolute atomic E-state index is 11.3. The molecule has 1 amide bonds. The van der Waals surface area contributed by atoms with Gasteiger partial charge in [0.15, 0.2) is 0 Å². The molecule has 3 heteroatoms. The molecule has 0 unspecified atom stereocenters. The van der Waals surface area contributed by atoms with E-state index in [9.17, 15) is 4.79 Å². The van der Waals surface area contributed by atoms with Crippen molar-refractivity contribution in [1.82, 2.24) is 0 Å². The van der Waals surface area contributed by atoms with Gasteiger partial charge in [0.1, 0.15) is 0 Å². The molecular formula is C12H17NO2. The van der Waals surface area contributed by atoms with Gasteiger partial charge in [-0.2, -0.15) is 0 Å². The standard InChI is InChI=1S/C12H17NO2/c1-5-15-12(14)13-11-9(3)6-8(2)7-10(11)4/h6-7H,5H2,1-4H3,(H,13,14). The summed E-state index contributed by atoms with van der Waals surface area (Å²) in [6, 6.07) is 4.07. The highest BCUT2D eigenvalue weighted by molar-refractivity contribution is 5.86. The summed E-state index contributed by atoms with van der Waals surface area (Å²) in [4.78, 5) is 11.3. The van der Waals surface area contributed by atoms with Gasteiger partial charge in [-0.3, -0.25) is 5.32 Å². The molecule has 0 spiro atoms. The molecule has 0 saturated heterocycles. The Morgan fingerprint density at radius 2 is 1.80 bits per heavy atom. The van der Waals surface area contributed by atoms with Gasteiger partial charge < -0.3 is 4.74 Å². The molecule has 1 rings (SSSR count). The van der Waals surface area contributed by atoms with Crippen LogP contribution < -0.4 is 5.32 Å². The van der Waals surface area contributed by atoms with Crippen LogP contribution in [0.5, 0.6) is 0 Å². The van der Waals surface area contributed by atoms with Crippen molar-refractivity contribution in [1.29, 1.82) is 0 Å². The van der Waals surface area contributed by atoms with E-state index in [0.29, 0.717) is 6.61 Å². The predicted molar refractivity (Wildman–Crippen MR) is 61.3 cm³/mol. The van der Waals surface area contributed by atoms with E-state index < -0.39 is 6.09 Å². The molecule has 0 aliphatic rings. The fourth-order valence-corrected chi connectivity index (χ4v) is 1.65. The fraction of sp³-hybridized carbons (Fsp3) is 0.417. The van der Waals surface area contributed by atoms with E-state index in [1.807, 2.05) is 32.9 Å². The summed E-state index contributed by atoms with van der Waals surface area (Å²) < 4.78 is 4.84. The minimum atomic E-state index is -0.396. The molecule has 0 fully saturated rings. The van der Waals surface area contributed by atoms with E-state index in [1.165, 1.54) is 5.56 Å². The lowest BCUT2D eigenvalue weighted by Crippen LogP contribution is -2.15. The molecule has 0 aliphatic heterocycles. The van der Waals surface area contributed by atoms with Crippen LogP contribution >= 0.6 is 0 Å². The molecule has 3 nitrogen and oxygen atoms in total. The maximum Gasteiger partial charge on any atom is 0.411 e. The van der Waals surface area contributed by atoms with Crippen LogP contribution in [-0.2, 0) is 4.74 Å². The lowest BCUT2D eigenvalue weighted by molar-refractivity contribution is 0.168. The third-order valence-electron chi connectivity index (χ3n) is 2.18. The van der Waals surface area contributed by atoms with Gasteiger partial charge in [-0.1, -0.05) is 17.7 Å². The van der Waals surface area contributed by atoms with E-state index in [-0.39, 0.29) is 0 Å². The first kappa shape index (κ1) is 11.6. The second-order valence-electron chi connectivity index (χ2n) is 3.62. The SMILES string of the molecule is CCOC(=O)Nc1c(C)cc(C)cc1C. The first-order valence-electron chi connectivity index (χ1n) is 5.06. The fourth-order valence-electron chi connectivity index (χ4n) is 1.65. The third kappa shape index (κ3) is 2.98. The van der Waals surface area contributed by atoms with Crippen LogP contribution in [0.2, 0.25) is 0 Å². The number of carbonyl (C=O) groups excluding carboxylic acids is 1. The summed E-state index contributed by atoms with van der Waals surface area (Å²) in [5.41, 5.74) is 4.15. The Morgan fingerprint density at radius 3 is 2.27 bits per heavy atom. The van der Waals surface area contributed by atoms with Crippen LogP contribution in [-0.4, -0.2) is 12.7 Å². The number of benzene rings is 1. The predicted octanol–water partition coefficient (Wildman–Crippen LogP) is 3.18. The van der Waals surface area contributed by atoms with Crippen molar-refractivity contribution >= 4 is 11.8 Å². The quantitative estimate of drug-likeness (QED) is 0.808. The summed E-state index contributed by atoms with van der Waals surface area (Å²) in [5.74, 6) is 0. The molecule has 0 radical (unpaired) electrons. The lowest BCUT2D eigenvalue weighted by atomic mass is 10.1. The second kappa shape index (κ2) is 4.82. The van der Waals surface area contributed by atoms with E-state index in [0.717, 1.165) is 16.8 Å². The molecule has 0 saturated carbocycles. The molecule has 82 valence electrons. The van der Waals surface area contributed by atoms with Gasteiger partial charge in [0, 0.05) is 5.69 Å². The largest absolute Gasteiger partial charge is 0.450 e. The minimum Gasteiger partial charge on any atom is -0.450 e. The van der Waals surface area contributed by atoms with Crippen LogP contribution in [0, 0.1) is 20.8 Å². The summed E-state index contributed by atoms with van der Waals surface area (Å²) in [6.45, 7) is 8.15. The second-order valence-corrected chi connectivity index (χ2v) is 3.62. The van der Waals surface area contributed by atoms with Crippen molar-refractivity contribution in [2.24, 2.45) is 0 Å². The highest BCUT2D eigenvalue weighted by atomic mass is 16.5.